The highest BCUT2D eigenvalue weighted by molar-refractivity contribution is 7.93. The van der Waals surface area contributed by atoms with Gasteiger partial charge >= 0.3 is 22.7 Å². The molecule has 1 fully saturated rings. The van der Waals surface area contributed by atoms with Crippen LogP contribution in [0.4, 0.5) is 18.9 Å². The molecule has 1 aromatic rings. The minimum atomic E-state index is -5.50. The van der Waals surface area contributed by atoms with Crippen molar-refractivity contribution in [2.24, 2.45) is 0 Å². The SMILES string of the molecule is CCCCN(c1cccc(B2OC(C)(C)C(C)(C)O2)c1)S(=O)(=O)C(F)(F)F. The van der Waals surface area contributed by atoms with Gasteiger partial charge in [0, 0.05) is 6.54 Å². The van der Waals surface area contributed by atoms with E-state index < -0.39 is 33.9 Å². The predicted molar refractivity (Wildman–Crippen MR) is 99.4 cm³/mol. The maximum atomic E-state index is 13.1. The van der Waals surface area contributed by atoms with Crippen LogP contribution in [0.3, 0.4) is 0 Å². The molecule has 5 nitrogen and oxygen atoms in total. The zero-order valence-electron chi connectivity index (χ0n) is 16.1. The fourth-order valence-corrected chi connectivity index (χ4v) is 3.63. The van der Waals surface area contributed by atoms with Crippen molar-refractivity contribution in [2.45, 2.75) is 64.2 Å². The molecule has 0 N–H and O–H groups in total. The van der Waals surface area contributed by atoms with E-state index in [0.29, 0.717) is 22.6 Å². The molecule has 27 heavy (non-hydrogen) atoms. The minimum Gasteiger partial charge on any atom is -0.399 e. The smallest absolute Gasteiger partial charge is 0.399 e. The van der Waals surface area contributed by atoms with E-state index in [2.05, 4.69) is 0 Å². The molecule has 0 radical (unpaired) electrons. The molecule has 0 saturated carbocycles. The highest BCUT2D eigenvalue weighted by Gasteiger charge is 2.52. The van der Waals surface area contributed by atoms with Gasteiger partial charge in [0.15, 0.2) is 0 Å². The van der Waals surface area contributed by atoms with Crippen molar-refractivity contribution in [3.05, 3.63) is 24.3 Å². The van der Waals surface area contributed by atoms with Crippen molar-refractivity contribution in [1.82, 2.24) is 0 Å². The van der Waals surface area contributed by atoms with Gasteiger partial charge in [0.05, 0.1) is 16.9 Å². The highest BCUT2D eigenvalue weighted by Crippen LogP contribution is 2.37. The number of benzene rings is 1. The Morgan fingerprint density at radius 2 is 1.67 bits per heavy atom. The standard InChI is InChI=1S/C17H25BF3NO4S/c1-6-7-11-22(27(23,24)17(19,20)21)14-10-8-9-13(12-14)18-25-15(2,3)16(4,5)26-18/h8-10,12H,6-7,11H2,1-5H3. The van der Waals surface area contributed by atoms with Crippen LogP contribution < -0.4 is 9.77 Å². The second-order valence-electron chi connectivity index (χ2n) is 7.56. The number of rotatable bonds is 6. The van der Waals surface area contributed by atoms with Crippen LogP contribution in [-0.2, 0) is 19.3 Å². The van der Waals surface area contributed by atoms with E-state index >= 15 is 0 Å². The summed E-state index contributed by atoms with van der Waals surface area (Å²) in [5.41, 5.74) is -6.21. The fraction of sp³-hybridized carbons (Fsp3) is 0.647. The number of halogens is 3. The van der Waals surface area contributed by atoms with Gasteiger partial charge in [-0.2, -0.15) is 21.6 Å². The van der Waals surface area contributed by atoms with E-state index in [-0.39, 0.29) is 12.2 Å². The van der Waals surface area contributed by atoms with Crippen LogP contribution in [0.1, 0.15) is 47.5 Å². The predicted octanol–water partition coefficient (Wildman–Crippen LogP) is 3.44. The van der Waals surface area contributed by atoms with Crippen molar-refractivity contribution >= 4 is 28.3 Å². The Labute approximate surface area is 159 Å². The first-order valence-electron chi connectivity index (χ1n) is 8.77. The largest absolute Gasteiger partial charge is 0.516 e. The van der Waals surface area contributed by atoms with Gasteiger partial charge in [0.1, 0.15) is 0 Å². The molecule has 0 aliphatic carbocycles. The second-order valence-corrected chi connectivity index (χ2v) is 9.41. The molecule has 0 aromatic heterocycles. The Balaban J connectivity index is 2.42. The molecule has 0 atom stereocenters. The molecule has 152 valence electrons. The van der Waals surface area contributed by atoms with Crippen LogP contribution in [0.5, 0.6) is 0 Å². The number of alkyl halides is 3. The summed E-state index contributed by atoms with van der Waals surface area (Å²) in [6, 6.07) is 5.86. The molecule has 1 aliphatic heterocycles. The lowest BCUT2D eigenvalue weighted by molar-refractivity contribution is -0.0438. The van der Waals surface area contributed by atoms with Crippen molar-refractivity contribution in [3.63, 3.8) is 0 Å². The molecule has 0 bridgehead atoms. The van der Waals surface area contributed by atoms with Crippen molar-refractivity contribution in [3.8, 4) is 0 Å². The third-order valence-electron chi connectivity index (χ3n) is 4.98. The van der Waals surface area contributed by atoms with Gasteiger partial charge in [-0.15, -0.1) is 0 Å². The van der Waals surface area contributed by atoms with Crippen LogP contribution >= 0.6 is 0 Å². The van der Waals surface area contributed by atoms with Crippen LogP contribution in [0, 0.1) is 0 Å². The average molecular weight is 407 g/mol. The number of hydrogen-bond donors (Lipinski definition) is 0. The molecule has 0 spiro atoms. The van der Waals surface area contributed by atoms with Gasteiger partial charge < -0.3 is 9.31 Å². The first-order chi connectivity index (χ1) is 12.2. The van der Waals surface area contributed by atoms with Gasteiger partial charge in [-0.25, -0.2) is 0 Å². The normalized spacial score (nSPS) is 19.3. The molecular weight excluding hydrogens is 382 g/mol. The third-order valence-corrected chi connectivity index (χ3v) is 6.54. The summed E-state index contributed by atoms with van der Waals surface area (Å²) in [7, 11) is -6.29. The Kier molecular flexibility index (Phi) is 5.95. The number of anilines is 1. The summed E-state index contributed by atoms with van der Waals surface area (Å²) in [5.74, 6) is 0. The van der Waals surface area contributed by atoms with Gasteiger partial charge in [-0.3, -0.25) is 4.31 Å². The number of sulfonamides is 1. The summed E-state index contributed by atoms with van der Waals surface area (Å²) in [6.07, 6.45) is 0.858. The Bertz CT molecular complexity index is 765. The van der Waals surface area contributed by atoms with Crippen LogP contribution in [-0.4, -0.2) is 38.8 Å². The lowest BCUT2D eigenvalue weighted by Crippen LogP contribution is -2.42. The average Bonchev–Trinajstić information content (AvgIpc) is 2.75. The van der Waals surface area contributed by atoms with Gasteiger partial charge in [-0.05, 0) is 51.7 Å². The van der Waals surface area contributed by atoms with E-state index in [4.69, 9.17) is 9.31 Å². The number of hydrogen-bond acceptors (Lipinski definition) is 4. The van der Waals surface area contributed by atoms with Crippen molar-refractivity contribution in [2.75, 3.05) is 10.8 Å². The van der Waals surface area contributed by atoms with Gasteiger partial charge in [0.2, 0.25) is 0 Å². The Hall–Kier alpha value is -1.26. The summed E-state index contributed by atoms with van der Waals surface area (Å²) < 4.78 is 75.7. The third kappa shape index (κ3) is 4.27. The van der Waals surface area contributed by atoms with Crippen molar-refractivity contribution in [1.29, 1.82) is 0 Å². The summed E-state index contributed by atoms with van der Waals surface area (Å²) in [6.45, 7) is 8.96. The summed E-state index contributed by atoms with van der Waals surface area (Å²) >= 11 is 0. The topological polar surface area (TPSA) is 55.8 Å². The van der Waals surface area contributed by atoms with E-state index in [0.717, 1.165) is 0 Å². The number of unbranched alkanes of at least 4 members (excludes halogenated alkanes) is 1. The Morgan fingerprint density at radius 1 is 1.11 bits per heavy atom. The molecule has 10 heteroatoms. The first-order valence-corrected chi connectivity index (χ1v) is 10.2. The van der Waals surface area contributed by atoms with E-state index in [1.165, 1.54) is 18.2 Å². The zero-order valence-corrected chi connectivity index (χ0v) is 16.9. The van der Waals surface area contributed by atoms with Gasteiger partial charge in [-0.1, -0.05) is 25.5 Å². The quantitative estimate of drug-likeness (QED) is 0.678. The fourth-order valence-electron chi connectivity index (χ4n) is 2.62. The van der Waals surface area contributed by atoms with E-state index in [1.807, 2.05) is 27.7 Å². The molecule has 2 rings (SSSR count). The highest BCUT2D eigenvalue weighted by atomic mass is 32.2. The molecule has 0 amide bonds. The molecular formula is C17H25BF3NO4S. The van der Waals surface area contributed by atoms with Crippen LogP contribution in [0.2, 0.25) is 0 Å². The second kappa shape index (κ2) is 7.29. The summed E-state index contributed by atoms with van der Waals surface area (Å²) in [4.78, 5) is 0. The maximum absolute atomic E-state index is 13.1. The summed E-state index contributed by atoms with van der Waals surface area (Å²) in [5, 5.41) is 0. The molecule has 1 aliphatic rings. The van der Waals surface area contributed by atoms with Crippen molar-refractivity contribution < 1.29 is 30.9 Å². The lowest BCUT2D eigenvalue weighted by Gasteiger charge is -2.32. The van der Waals surface area contributed by atoms with Crippen LogP contribution in [0.15, 0.2) is 24.3 Å². The van der Waals surface area contributed by atoms with Crippen LogP contribution in [0.25, 0.3) is 0 Å². The van der Waals surface area contributed by atoms with E-state index in [1.54, 1.807) is 13.0 Å². The maximum Gasteiger partial charge on any atom is 0.516 e. The minimum absolute atomic E-state index is 0.0620. The van der Waals surface area contributed by atoms with Gasteiger partial charge in [0.25, 0.3) is 0 Å². The molecule has 1 aromatic carbocycles. The Morgan fingerprint density at radius 3 is 2.15 bits per heavy atom. The molecule has 1 heterocycles. The molecule has 1 saturated heterocycles. The zero-order chi connectivity index (χ0) is 20.7. The molecule has 0 unspecified atom stereocenters. The number of nitrogens with zero attached hydrogens (tertiary/aromatic N) is 1. The first kappa shape index (κ1) is 22.0. The monoisotopic (exact) mass is 407 g/mol. The lowest BCUT2D eigenvalue weighted by atomic mass is 9.79. The van der Waals surface area contributed by atoms with E-state index in [9.17, 15) is 21.6 Å².